The fraction of sp³-hybridized carbons (Fsp3) is 0.333. The first-order chi connectivity index (χ1) is 8.09. The molecule has 1 atom stereocenters. The summed E-state index contributed by atoms with van der Waals surface area (Å²) < 4.78 is 5.84. The summed E-state index contributed by atoms with van der Waals surface area (Å²) in [5.41, 5.74) is 8.00. The van der Waals surface area contributed by atoms with E-state index in [0.29, 0.717) is 0 Å². The van der Waals surface area contributed by atoms with Gasteiger partial charge in [-0.2, -0.15) is 0 Å². The van der Waals surface area contributed by atoms with Gasteiger partial charge in [-0.05, 0) is 37.8 Å². The molecule has 0 saturated carbocycles. The summed E-state index contributed by atoms with van der Waals surface area (Å²) in [5.74, 6) is 0. The summed E-state index contributed by atoms with van der Waals surface area (Å²) in [6.45, 7) is 6.18. The molecular weight excluding hydrogens is 210 g/mol. The predicted molar refractivity (Wildman–Crippen MR) is 73.0 cm³/mol. The van der Waals surface area contributed by atoms with Crippen LogP contribution in [0.2, 0.25) is 0 Å². The second-order valence-corrected chi connectivity index (χ2v) is 4.62. The SMILES string of the molecule is CC(C)O[C@H](C)c1ccc(N)c2ccccc12. The molecule has 2 aromatic rings. The molecule has 0 aliphatic rings. The van der Waals surface area contributed by atoms with E-state index in [-0.39, 0.29) is 12.2 Å². The van der Waals surface area contributed by atoms with Crippen LogP contribution in [0.4, 0.5) is 5.69 Å². The lowest BCUT2D eigenvalue weighted by molar-refractivity contribution is 0.0187. The number of hydrogen-bond donors (Lipinski definition) is 1. The van der Waals surface area contributed by atoms with E-state index in [1.165, 1.54) is 10.9 Å². The second kappa shape index (κ2) is 4.76. The van der Waals surface area contributed by atoms with Gasteiger partial charge in [-0.25, -0.2) is 0 Å². The lowest BCUT2D eigenvalue weighted by Gasteiger charge is -2.19. The third-order valence-corrected chi connectivity index (χ3v) is 2.91. The van der Waals surface area contributed by atoms with E-state index in [2.05, 4.69) is 39.0 Å². The van der Waals surface area contributed by atoms with Gasteiger partial charge in [0.1, 0.15) is 0 Å². The molecule has 2 heteroatoms. The Hall–Kier alpha value is -1.54. The van der Waals surface area contributed by atoms with Crippen LogP contribution in [-0.4, -0.2) is 6.10 Å². The smallest absolute Gasteiger partial charge is 0.0806 e. The van der Waals surface area contributed by atoms with Crippen molar-refractivity contribution in [2.75, 3.05) is 5.73 Å². The van der Waals surface area contributed by atoms with Gasteiger partial charge in [-0.1, -0.05) is 30.3 Å². The van der Waals surface area contributed by atoms with Crippen LogP contribution in [0.15, 0.2) is 36.4 Å². The molecule has 0 bridgehead atoms. The zero-order valence-electron chi connectivity index (χ0n) is 10.6. The molecule has 0 radical (unpaired) electrons. The molecule has 2 rings (SSSR count). The molecule has 0 saturated heterocycles. The minimum Gasteiger partial charge on any atom is -0.398 e. The van der Waals surface area contributed by atoms with Crippen molar-refractivity contribution < 1.29 is 4.74 Å². The van der Waals surface area contributed by atoms with Gasteiger partial charge < -0.3 is 10.5 Å². The Morgan fingerprint density at radius 1 is 0.941 bits per heavy atom. The number of fused-ring (bicyclic) bond motifs is 1. The Morgan fingerprint density at radius 3 is 2.24 bits per heavy atom. The Bertz CT molecular complexity index is 519. The van der Waals surface area contributed by atoms with Crippen LogP contribution < -0.4 is 5.73 Å². The quantitative estimate of drug-likeness (QED) is 0.810. The maximum Gasteiger partial charge on any atom is 0.0806 e. The van der Waals surface area contributed by atoms with Crippen molar-refractivity contribution in [1.29, 1.82) is 0 Å². The van der Waals surface area contributed by atoms with Gasteiger partial charge in [0.05, 0.1) is 12.2 Å². The first kappa shape index (κ1) is 11.9. The van der Waals surface area contributed by atoms with Crippen molar-refractivity contribution in [2.45, 2.75) is 33.0 Å². The standard InChI is InChI=1S/C15H19NO/c1-10(2)17-11(3)12-8-9-15(16)14-7-5-4-6-13(12)14/h4-11H,16H2,1-3H3/t11-/m1/s1. The minimum atomic E-state index is 0.0838. The highest BCUT2D eigenvalue weighted by Gasteiger charge is 2.12. The van der Waals surface area contributed by atoms with Gasteiger partial charge in [0, 0.05) is 11.1 Å². The fourth-order valence-electron chi connectivity index (χ4n) is 2.18. The van der Waals surface area contributed by atoms with Crippen molar-refractivity contribution in [2.24, 2.45) is 0 Å². The number of ether oxygens (including phenoxy) is 1. The highest BCUT2D eigenvalue weighted by Crippen LogP contribution is 2.30. The third kappa shape index (κ3) is 2.42. The lowest BCUT2D eigenvalue weighted by atomic mass is 10.00. The lowest BCUT2D eigenvalue weighted by Crippen LogP contribution is -2.08. The largest absolute Gasteiger partial charge is 0.398 e. The monoisotopic (exact) mass is 229 g/mol. The second-order valence-electron chi connectivity index (χ2n) is 4.62. The van der Waals surface area contributed by atoms with Gasteiger partial charge in [-0.15, -0.1) is 0 Å². The average molecular weight is 229 g/mol. The fourth-order valence-corrected chi connectivity index (χ4v) is 2.18. The van der Waals surface area contributed by atoms with E-state index in [1.807, 2.05) is 18.2 Å². The van der Waals surface area contributed by atoms with Crippen LogP contribution >= 0.6 is 0 Å². The Labute approximate surface area is 102 Å². The predicted octanol–water partition coefficient (Wildman–Crippen LogP) is 3.91. The normalized spacial score (nSPS) is 13.2. The zero-order chi connectivity index (χ0) is 12.4. The molecule has 0 amide bonds. The molecule has 0 spiro atoms. The van der Waals surface area contributed by atoms with Crippen molar-refractivity contribution in [1.82, 2.24) is 0 Å². The molecular formula is C15H19NO. The third-order valence-electron chi connectivity index (χ3n) is 2.91. The number of nitrogen functional groups attached to an aromatic ring is 1. The number of rotatable bonds is 3. The van der Waals surface area contributed by atoms with Crippen LogP contribution in [0.3, 0.4) is 0 Å². The number of hydrogen-bond acceptors (Lipinski definition) is 2. The van der Waals surface area contributed by atoms with Crippen LogP contribution in [0.1, 0.15) is 32.4 Å². The van der Waals surface area contributed by atoms with E-state index in [9.17, 15) is 0 Å². The van der Waals surface area contributed by atoms with E-state index in [1.54, 1.807) is 0 Å². The Balaban J connectivity index is 2.51. The van der Waals surface area contributed by atoms with E-state index in [4.69, 9.17) is 10.5 Å². The molecule has 0 aliphatic carbocycles. The van der Waals surface area contributed by atoms with Gasteiger partial charge in [0.2, 0.25) is 0 Å². The van der Waals surface area contributed by atoms with E-state index in [0.717, 1.165) is 11.1 Å². The van der Waals surface area contributed by atoms with Crippen molar-refractivity contribution in [3.8, 4) is 0 Å². The van der Waals surface area contributed by atoms with Crippen LogP contribution in [0.25, 0.3) is 10.8 Å². The first-order valence-corrected chi connectivity index (χ1v) is 6.02. The molecule has 0 unspecified atom stereocenters. The molecule has 2 aromatic carbocycles. The highest BCUT2D eigenvalue weighted by molar-refractivity contribution is 5.95. The van der Waals surface area contributed by atoms with E-state index < -0.39 is 0 Å². The summed E-state index contributed by atoms with van der Waals surface area (Å²) in [4.78, 5) is 0. The molecule has 0 fully saturated rings. The minimum absolute atomic E-state index is 0.0838. The summed E-state index contributed by atoms with van der Waals surface area (Å²) >= 11 is 0. The molecule has 90 valence electrons. The molecule has 17 heavy (non-hydrogen) atoms. The summed E-state index contributed by atoms with van der Waals surface area (Å²) in [6.07, 6.45) is 0.307. The van der Waals surface area contributed by atoms with Gasteiger partial charge in [-0.3, -0.25) is 0 Å². The molecule has 0 aromatic heterocycles. The van der Waals surface area contributed by atoms with Crippen LogP contribution in [0, 0.1) is 0 Å². The topological polar surface area (TPSA) is 35.2 Å². The van der Waals surface area contributed by atoms with Gasteiger partial charge in [0.25, 0.3) is 0 Å². The maximum absolute atomic E-state index is 5.99. The highest BCUT2D eigenvalue weighted by atomic mass is 16.5. The molecule has 2 nitrogen and oxygen atoms in total. The number of anilines is 1. The van der Waals surface area contributed by atoms with Gasteiger partial charge in [0.15, 0.2) is 0 Å². The molecule has 0 aliphatic heterocycles. The average Bonchev–Trinajstić information content (AvgIpc) is 2.29. The Morgan fingerprint density at radius 2 is 1.59 bits per heavy atom. The summed E-state index contributed by atoms with van der Waals surface area (Å²) in [5, 5.41) is 2.28. The van der Waals surface area contributed by atoms with Crippen molar-refractivity contribution >= 4 is 16.5 Å². The Kier molecular flexibility index (Phi) is 3.34. The summed E-state index contributed by atoms with van der Waals surface area (Å²) in [6, 6.07) is 12.2. The van der Waals surface area contributed by atoms with Crippen molar-refractivity contribution in [3.63, 3.8) is 0 Å². The number of benzene rings is 2. The number of nitrogens with two attached hydrogens (primary N) is 1. The summed E-state index contributed by atoms with van der Waals surface area (Å²) in [7, 11) is 0. The van der Waals surface area contributed by atoms with Crippen LogP contribution in [-0.2, 0) is 4.74 Å². The van der Waals surface area contributed by atoms with Crippen molar-refractivity contribution in [3.05, 3.63) is 42.0 Å². The van der Waals surface area contributed by atoms with E-state index >= 15 is 0 Å². The van der Waals surface area contributed by atoms with Crippen LogP contribution in [0.5, 0.6) is 0 Å². The molecule has 2 N–H and O–H groups in total. The van der Waals surface area contributed by atoms with Gasteiger partial charge >= 0.3 is 0 Å². The maximum atomic E-state index is 5.99. The first-order valence-electron chi connectivity index (χ1n) is 6.02. The zero-order valence-corrected chi connectivity index (χ0v) is 10.6. The molecule has 0 heterocycles.